The first-order valence-corrected chi connectivity index (χ1v) is 5.34. The molecule has 1 aromatic heterocycles. The highest BCUT2D eigenvalue weighted by Crippen LogP contribution is 2.28. The lowest BCUT2D eigenvalue weighted by Gasteiger charge is -2.20. The Kier molecular flexibility index (Phi) is 2.22. The molecule has 0 bridgehead atoms. The van der Waals surface area contributed by atoms with Crippen LogP contribution < -0.4 is 0 Å². The standard InChI is InChI=1S/C12H18N2/c1-4-12(2,3)10-7-11-8-13-5-6-14(11)9-10/h7-9H,4-6H2,1-3H3. The molecule has 0 spiro atoms. The SMILES string of the molecule is CCC(C)(C)c1cc2n(c1)CCN=C2. The molecule has 0 atom stereocenters. The minimum Gasteiger partial charge on any atom is -0.345 e. The van der Waals surface area contributed by atoms with Crippen molar-refractivity contribution in [3.8, 4) is 0 Å². The third kappa shape index (κ3) is 1.49. The lowest BCUT2D eigenvalue weighted by molar-refractivity contribution is 0.504. The van der Waals surface area contributed by atoms with Gasteiger partial charge >= 0.3 is 0 Å². The van der Waals surface area contributed by atoms with Crippen molar-refractivity contribution >= 4 is 6.21 Å². The van der Waals surface area contributed by atoms with Gasteiger partial charge in [-0.2, -0.15) is 0 Å². The molecule has 0 fully saturated rings. The maximum Gasteiger partial charge on any atom is 0.0591 e. The molecule has 2 heteroatoms. The van der Waals surface area contributed by atoms with Gasteiger partial charge in [-0.15, -0.1) is 0 Å². The van der Waals surface area contributed by atoms with Gasteiger partial charge < -0.3 is 4.57 Å². The van der Waals surface area contributed by atoms with Gasteiger partial charge in [-0.1, -0.05) is 20.8 Å². The summed E-state index contributed by atoms with van der Waals surface area (Å²) in [6.07, 6.45) is 5.44. The summed E-state index contributed by atoms with van der Waals surface area (Å²) >= 11 is 0. The van der Waals surface area contributed by atoms with Crippen LogP contribution in [0.15, 0.2) is 17.3 Å². The van der Waals surface area contributed by atoms with Crippen LogP contribution in [0.25, 0.3) is 0 Å². The van der Waals surface area contributed by atoms with E-state index in [-0.39, 0.29) is 5.41 Å². The van der Waals surface area contributed by atoms with E-state index in [9.17, 15) is 0 Å². The number of hydrogen-bond donors (Lipinski definition) is 0. The molecule has 0 unspecified atom stereocenters. The minimum atomic E-state index is 0.290. The number of aromatic nitrogens is 1. The van der Waals surface area contributed by atoms with E-state index in [1.807, 2.05) is 6.21 Å². The number of aliphatic imine (C=N–C) groups is 1. The fourth-order valence-corrected chi connectivity index (χ4v) is 1.72. The van der Waals surface area contributed by atoms with Gasteiger partial charge in [0.15, 0.2) is 0 Å². The Morgan fingerprint density at radius 3 is 2.93 bits per heavy atom. The Hall–Kier alpha value is -1.05. The largest absolute Gasteiger partial charge is 0.345 e. The average Bonchev–Trinajstić information content (AvgIpc) is 2.61. The molecule has 1 aliphatic heterocycles. The van der Waals surface area contributed by atoms with E-state index in [2.05, 4.69) is 42.6 Å². The Morgan fingerprint density at radius 2 is 2.29 bits per heavy atom. The van der Waals surface area contributed by atoms with Crippen LogP contribution >= 0.6 is 0 Å². The Labute approximate surface area is 85.7 Å². The highest BCUT2D eigenvalue weighted by atomic mass is 15.0. The molecule has 0 amide bonds. The van der Waals surface area contributed by atoms with Gasteiger partial charge in [-0.05, 0) is 23.5 Å². The molecule has 0 saturated carbocycles. The fourth-order valence-electron chi connectivity index (χ4n) is 1.72. The van der Waals surface area contributed by atoms with E-state index < -0.39 is 0 Å². The third-order valence-corrected chi connectivity index (χ3v) is 3.29. The molecule has 2 rings (SSSR count). The maximum atomic E-state index is 4.29. The monoisotopic (exact) mass is 190 g/mol. The summed E-state index contributed by atoms with van der Waals surface area (Å²) in [7, 11) is 0. The highest BCUT2D eigenvalue weighted by Gasteiger charge is 2.21. The predicted molar refractivity (Wildman–Crippen MR) is 60.2 cm³/mol. The van der Waals surface area contributed by atoms with E-state index >= 15 is 0 Å². The van der Waals surface area contributed by atoms with Crippen LogP contribution in [0.1, 0.15) is 38.4 Å². The van der Waals surface area contributed by atoms with Crippen LogP contribution in [-0.4, -0.2) is 17.3 Å². The first kappa shape index (κ1) is 9.50. The van der Waals surface area contributed by atoms with E-state index in [0.717, 1.165) is 13.1 Å². The summed E-state index contributed by atoms with van der Waals surface area (Å²) in [4.78, 5) is 4.29. The molecule has 1 aromatic rings. The molecule has 76 valence electrons. The first-order valence-electron chi connectivity index (χ1n) is 5.34. The zero-order valence-corrected chi connectivity index (χ0v) is 9.25. The van der Waals surface area contributed by atoms with Crippen LogP contribution in [0.4, 0.5) is 0 Å². The molecule has 2 nitrogen and oxygen atoms in total. The van der Waals surface area contributed by atoms with Gasteiger partial charge in [0.25, 0.3) is 0 Å². The van der Waals surface area contributed by atoms with Gasteiger partial charge in [0.05, 0.1) is 12.2 Å². The summed E-state index contributed by atoms with van der Waals surface area (Å²) in [6.45, 7) is 8.79. The number of hydrogen-bond acceptors (Lipinski definition) is 1. The van der Waals surface area contributed by atoms with Crippen molar-refractivity contribution in [1.82, 2.24) is 4.57 Å². The summed E-state index contributed by atoms with van der Waals surface area (Å²) in [5.74, 6) is 0. The highest BCUT2D eigenvalue weighted by molar-refractivity contribution is 5.78. The van der Waals surface area contributed by atoms with Crippen LogP contribution in [0.5, 0.6) is 0 Å². The molecule has 0 radical (unpaired) electrons. The molecule has 1 aliphatic rings. The van der Waals surface area contributed by atoms with E-state index in [1.165, 1.54) is 17.7 Å². The first-order chi connectivity index (χ1) is 6.63. The summed E-state index contributed by atoms with van der Waals surface area (Å²) in [5.41, 5.74) is 2.98. The molecule has 0 aliphatic carbocycles. The van der Waals surface area contributed by atoms with Gasteiger partial charge in [0, 0.05) is 19.0 Å². The smallest absolute Gasteiger partial charge is 0.0591 e. The minimum absolute atomic E-state index is 0.290. The molecular formula is C12H18N2. The lowest BCUT2D eigenvalue weighted by Crippen LogP contribution is -2.14. The second-order valence-electron chi connectivity index (χ2n) is 4.62. The van der Waals surface area contributed by atoms with Crippen molar-refractivity contribution in [3.05, 3.63) is 23.5 Å². The molecule has 2 heterocycles. The summed E-state index contributed by atoms with van der Waals surface area (Å²) < 4.78 is 2.31. The second kappa shape index (κ2) is 3.26. The molecular weight excluding hydrogens is 172 g/mol. The zero-order chi connectivity index (χ0) is 10.2. The molecule has 0 aromatic carbocycles. The van der Waals surface area contributed by atoms with E-state index in [0.29, 0.717) is 0 Å². The van der Waals surface area contributed by atoms with Crippen molar-refractivity contribution in [2.75, 3.05) is 6.54 Å². The van der Waals surface area contributed by atoms with E-state index in [4.69, 9.17) is 0 Å². The van der Waals surface area contributed by atoms with Crippen LogP contribution in [0.3, 0.4) is 0 Å². The lowest BCUT2D eigenvalue weighted by atomic mass is 9.84. The topological polar surface area (TPSA) is 17.3 Å². The second-order valence-corrected chi connectivity index (χ2v) is 4.62. The Bertz CT molecular complexity index is 358. The average molecular weight is 190 g/mol. The van der Waals surface area contributed by atoms with Crippen LogP contribution in [0.2, 0.25) is 0 Å². The van der Waals surface area contributed by atoms with Crippen LogP contribution in [0, 0.1) is 0 Å². The number of fused-ring (bicyclic) bond motifs is 1. The van der Waals surface area contributed by atoms with E-state index in [1.54, 1.807) is 0 Å². The quantitative estimate of drug-likeness (QED) is 0.682. The Morgan fingerprint density at radius 1 is 1.50 bits per heavy atom. The van der Waals surface area contributed by atoms with Crippen molar-refractivity contribution < 1.29 is 0 Å². The molecule has 0 N–H and O–H groups in total. The number of nitrogens with zero attached hydrogens (tertiary/aromatic N) is 2. The van der Waals surface area contributed by atoms with Gasteiger partial charge in [0.1, 0.15) is 0 Å². The number of rotatable bonds is 2. The predicted octanol–water partition coefficient (Wildman–Crippen LogP) is 2.61. The summed E-state index contributed by atoms with van der Waals surface area (Å²) in [6, 6.07) is 2.27. The third-order valence-electron chi connectivity index (χ3n) is 3.29. The van der Waals surface area contributed by atoms with Crippen molar-refractivity contribution in [1.29, 1.82) is 0 Å². The van der Waals surface area contributed by atoms with Crippen molar-refractivity contribution in [2.24, 2.45) is 4.99 Å². The Balaban J connectivity index is 2.38. The van der Waals surface area contributed by atoms with Gasteiger partial charge in [0.2, 0.25) is 0 Å². The molecule has 0 saturated heterocycles. The van der Waals surface area contributed by atoms with Gasteiger partial charge in [-0.25, -0.2) is 0 Å². The van der Waals surface area contributed by atoms with Crippen molar-refractivity contribution in [2.45, 2.75) is 39.2 Å². The van der Waals surface area contributed by atoms with Crippen molar-refractivity contribution in [3.63, 3.8) is 0 Å². The normalized spacial score (nSPS) is 15.6. The molecule has 14 heavy (non-hydrogen) atoms. The maximum absolute atomic E-state index is 4.29. The summed E-state index contributed by atoms with van der Waals surface area (Å²) in [5, 5.41) is 0. The zero-order valence-electron chi connectivity index (χ0n) is 9.25. The van der Waals surface area contributed by atoms with Gasteiger partial charge in [-0.3, -0.25) is 4.99 Å². The fraction of sp³-hybridized carbons (Fsp3) is 0.583. The van der Waals surface area contributed by atoms with Crippen LogP contribution in [-0.2, 0) is 12.0 Å².